The minimum absolute atomic E-state index is 0.297. The minimum atomic E-state index is -0.332. The van der Waals surface area contributed by atoms with Crippen molar-refractivity contribution in [1.82, 2.24) is 4.98 Å². The van der Waals surface area contributed by atoms with Crippen LogP contribution in [0.25, 0.3) is 20.7 Å². The maximum atomic E-state index is 13.6. The monoisotopic (exact) mass is 610 g/mol. The molecule has 0 unspecified atom stereocenters. The summed E-state index contributed by atoms with van der Waals surface area (Å²) < 4.78 is 0.909. The van der Waals surface area contributed by atoms with Crippen molar-refractivity contribution in [3.8, 4) is 10.4 Å². The zero-order chi connectivity index (χ0) is 26.3. The molecule has 0 spiro atoms. The number of benzene rings is 2. The van der Waals surface area contributed by atoms with E-state index in [2.05, 4.69) is 26.6 Å². The van der Waals surface area contributed by atoms with E-state index in [1.807, 2.05) is 30.5 Å². The molecule has 0 radical (unpaired) electrons. The first-order valence-electron chi connectivity index (χ1n) is 11.1. The smallest absolute Gasteiger partial charge is 0.267 e. The average molecular weight is 612 g/mol. The van der Waals surface area contributed by atoms with Gasteiger partial charge in [0.05, 0.1) is 16.9 Å². The summed E-state index contributed by atoms with van der Waals surface area (Å²) in [6.07, 6.45) is 0. The maximum Gasteiger partial charge on any atom is 0.267 e. The van der Waals surface area contributed by atoms with E-state index in [9.17, 15) is 9.59 Å². The van der Waals surface area contributed by atoms with E-state index in [-0.39, 0.29) is 11.8 Å². The van der Waals surface area contributed by atoms with E-state index in [1.54, 1.807) is 43.3 Å². The van der Waals surface area contributed by atoms with Crippen molar-refractivity contribution < 1.29 is 9.59 Å². The van der Waals surface area contributed by atoms with Crippen molar-refractivity contribution in [2.45, 2.75) is 13.8 Å². The molecule has 37 heavy (non-hydrogen) atoms. The zero-order valence-corrected chi connectivity index (χ0v) is 23.7. The normalized spacial score (nSPS) is 11.0. The van der Waals surface area contributed by atoms with Gasteiger partial charge in [-0.2, -0.15) is 0 Å². The largest absolute Gasteiger partial charge is 0.397 e. The first kappa shape index (κ1) is 25.4. The number of hydrogen-bond donors (Lipinski definition) is 3. The number of thiophene rings is 2. The van der Waals surface area contributed by atoms with Gasteiger partial charge in [0, 0.05) is 36.7 Å². The van der Waals surface area contributed by atoms with Gasteiger partial charge in [0.25, 0.3) is 11.8 Å². The first-order chi connectivity index (χ1) is 17.7. The second-order valence-electron chi connectivity index (χ2n) is 8.33. The quantitative estimate of drug-likeness (QED) is 0.187. The summed E-state index contributed by atoms with van der Waals surface area (Å²) >= 11 is 12.1. The molecule has 4 N–H and O–H groups in total. The van der Waals surface area contributed by atoms with Gasteiger partial charge in [-0.25, -0.2) is 4.98 Å². The molecule has 0 atom stereocenters. The number of hydrogen-bond acceptors (Lipinski definition) is 6. The number of fused-ring (bicyclic) bond motifs is 1. The van der Waals surface area contributed by atoms with Crippen LogP contribution in [-0.2, 0) is 0 Å². The number of amides is 2. The molecule has 5 aromatic rings. The fourth-order valence-corrected chi connectivity index (χ4v) is 6.44. The zero-order valence-electron chi connectivity index (χ0n) is 19.7. The number of nitrogens with two attached hydrogens (primary N) is 1. The Morgan fingerprint density at radius 2 is 1.57 bits per heavy atom. The molecule has 0 saturated heterocycles. The standard InChI is InChI=1S/C27H20BrClN4O2S2/c1-13-11-12-36-23(13)20-19(25(34)32-18-9-5-16(29)6-10-18)14(2)31-27-21(20)22(30)24(37-27)26(35)33-17-7-3-15(28)4-8-17/h3-12H,30H2,1-2H3,(H,32,34)(H,33,35). The Kier molecular flexibility index (Phi) is 7.04. The molecule has 0 aliphatic rings. The van der Waals surface area contributed by atoms with Crippen LogP contribution in [-0.4, -0.2) is 16.8 Å². The molecule has 0 aliphatic carbocycles. The van der Waals surface area contributed by atoms with Crippen molar-refractivity contribution in [1.29, 1.82) is 0 Å². The minimum Gasteiger partial charge on any atom is -0.397 e. The lowest BCUT2D eigenvalue weighted by molar-refractivity contribution is 0.102. The molecule has 2 aromatic carbocycles. The van der Waals surface area contributed by atoms with Crippen LogP contribution in [0.2, 0.25) is 5.02 Å². The molecular formula is C27H20BrClN4O2S2. The number of nitrogen functional groups attached to an aromatic ring is 1. The predicted molar refractivity (Wildman–Crippen MR) is 158 cm³/mol. The van der Waals surface area contributed by atoms with Crippen molar-refractivity contribution in [3.63, 3.8) is 0 Å². The van der Waals surface area contributed by atoms with Gasteiger partial charge in [-0.3, -0.25) is 9.59 Å². The van der Waals surface area contributed by atoms with Gasteiger partial charge in [-0.05, 0) is 79.4 Å². The molecule has 0 bridgehead atoms. The lowest BCUT2D eigenvalue weighted by atomic mass is 9.98. The van der Waals surface area contributed by atoms with Gasteiger partial charge in [0.15, 0.2) is 0 Å². The molecular weight excluding hydrogens is 592 g/mol. The van der Waals surface area contributed by atoms with E-state index >= 15 is 0 Å². The SMILES string of the molecule is Cc1ccsc1-c1c(C(=O)Nc2ccc(Cl)cc2)c(C)nc2sc(C(=O)Nc3ccc(Br)cc3)c(N)c12. The van der Waals surface area contributed by atoms with Gasteiger partial charge in [0.1, 0.15) is 9.71 Å². The van der Waals surface area contributed by atoms with Crippen LogP contribution in [0, 0.1) is 13.8 Å². The van der Waals surface area contributed by atoms with Crippen molar-refractivity contribution >= 4 is 89.3 Å². The van der Waals surface area contributed by atoms with E-state index in [1.165, 1.54) is 22.7 Å². The summed E-state index contributed by atoms with van der Waals surface area (Å²) in [6.45, 7) is 3.78. The van der Waals surface area contributed by atoms with E-state index < -0.39 is 0 Å². The third-order valence-electron chi connectivity index (χ3n) is 5.78. The Morgan fingerprint density at radius 3 is 2.19 bits per heavy atom. The number of pyridine rings is 1. The number of nitrogens with zero attached hydrogens (tertiary/aromatic N) is 1. The van der Waals surface area contributed by atoms with Crippen LogP contribution in [0.5, 0.6) is 0 Å². The molecule has 3 heterocycles. The van der Waals surface area contributed by atoms with Crippen molar-refractivity contribution in [2.24, 2.45) is 0 Å². The summed E-state index contributed by atoms with van der Waals surface area (Å²) in [5, 5.41) is 8.99. The summed E-state index contributed by atoms with van der Waals surface area (Å²) in [5.74, 6) is -0.648. The van der Waals surface area contributed by atoms with Gasteiger partial charge in [-0.15, -0.1) is 22.7 Å². The molecule has 10 heteroatoms. The summed E-state index contributed by atoms with van der Waals surface area (Å²) in [4.78, 5) is 33.4. The Bertz CT molecular complexity index is 1660. The highest BCUT2D eigenvalue weighted by molar-refractivity contribution is 9.10. The Balaban J connectivity index is 1.65. The first-order valence-corrected chi connectivity index (χ1v) is 14.0. The highest BCUT2D eigenvalue weighted by Crippen LogP contribution is 2.45. The van der Waals surface area contributed by atoms with Crippen molar-refractivity contribution in [2.75, 3.05) is 16.4 Å². The van der Waals surface area contributed by atoms with Gasteiger partial charge < -0.3 is 16.4 Å². The van der Waals surface area contributed by atoms with E-state index in [4.69, 9.17) is 22.3 Å². The van der Waals surface area contributed by atoms with Crippen LogP contribution >= 0.6 is 50.2 Å². The number of aromatic nitrogens is 1. The highest BCUT2D eigenvalue weighted by atomic mass is 79.9. The number of nitrogens with one attached hydrogen (secondary N) is 2. The number of rotatable bonds is 5. The Morgan fingerprint density at radius 1 is 0.946 bits per heavy atom. The van der Waals surface area contributed by atoms with Gasteiger partial charge in [0.2, 0.25) is 0 Å². The molecule has 5 rings (SSSR count). The number of carbonyl (C=O) groups is 2. The van der Waals surface area contributed by atoms with Crippen LogP contribution in [0.15, 0.2) is 64.5 Å². The van der Waals surface area contributed by atoms with E-state index in [0.29, 0.717) is 54.0 Å². The fourth-order valence-electron chi connectivity index (χ4n) is 4.02. The summed E-state index contributed by atoms with van der Waals surface area (Å²) in [7, 11) is 0. The van der Waals surface area contributed by atoms with Gasteiger partial charge >= 0.3 is 0 Å². The molecule has 186 valence electrons. The number of halogens is 2. The summed E-state index contributed by atoms with van der Waals surface area (Å²) in [5.41, 5.74) is 10.8. The lowest BCUT2D eigenvalue weighted by Gasteiger charge is -2.14. The van der Waals surface area contributed by atoms with Gasteiger partial charge in [-0.1, -0.05) is 27.5 Å². The van der Waals surface area contributed by atoms with Crippen molar-refractivity contribution in [3.05, 3.63) is 91.2 Å². The Labute approximate surface area is 234 Å². The summed E-state index contributed by atoms with van der Waals surface area (Å²) in [6, 6.07) is 16.2. The maximum absolute atomic E-state index is 13.6. The second kappa shape index (κ2) is 10.3. The predicted octanol–water partition coefficient (Wildman–Crippen LogP) is 8.14. The molecule has 0 saturated carbocycles. The highest BCUT2D eigenvalue weighted by Gasteiger charge is 2.28. The number of aryl methyl sites for hydroxylation is 2. The molecule has 0 fully saturated rings. The average Bonchev–Trinajstić information content (AvgIpc) is 3.43. The topological polar surface area (TPSA) is 97.1 Å². The molecule has 2 amide bonds. The lowest BCUT2D eigenvalue weighted by Crippen LogP contribution is -2.16. The third-order valence-corrected chi connectivity index (χ3v) is 8.70. The van der Waals surface area contributed by atoms with Crippen LogP contribution in [0.3, 0.4) is 0 Å². The molecule has 6 nitrogen and oxygen atoms in total. The molecule has 3 aromatic heterocycles. The van der Waals surface area contributed by atoms with Crippen LogP contribution in [0.4, 0.5) is 17.1 Å². The van der Waals surface area contributed by atoms with Crippen LogP contribution < -0.4 is 16.4 Å². The number of carbonyl (C=O) groups excluding carboxylic acids is 2. The second-order valence-corrected chi connectivity index (χ2v) is 11.6. The third kappa shape index (κ3) is 5.00. The molecule has 0 aliphatic heterocycles. The Hall–Kier alpha value is -3.24. The van der Waals surface area contributed by atoms with E-state index in [0.717, 1.165) is 14.9 Å². The van der Waals surface area contributed by atoms with Crippen LogP contribution in [0.1, 0.15) is 31.3 Å². The fraction of sp³-hybridized carbons (Fsp3) is 0.0741. The number of anilines is 3.